The van der Waals surface area contributed by atoms with Gasteiger partial charge in [0.15, 0.2) is 0 Å². The first-order chi connectivity index (χ1) is 9.61. The van der Waals surface area contributed by atoms with Crippen molar-refractivity contribution in [3.8, 4) is 0 Å². The standard InChI is InChI=1S/C15H14N2O3/c1-11-3-2-4-14(17(19)20)15(11)16-13-7-5-12(6-8-13)9-10-18/h2-8,10,16H,9H2,1H3. The Morgan fingerprint density at radius 1 is 1.20 bits per heavy atom. The fraction of sp³-hybridized carbons (Fsp3) is 0.133. The third-order valence-corrected chi connectivity index (χ3v) is 2.99. The van der Waals surface area contributed by atoms with E-state index in [1.165, 1.54) is 6.07 Å². The zero-order valence-corrected chi connectivity index (χ0v) is 11.0. The molecule has 102 valence electrons. The first kappa shape index (κ1) is 13.7. The minimum Gasteiger partial charge on any atom is -0.350 e. The Hall–Kier alpha value is -2.69. The molecule has 0 aliphatic heterocycles. The van der Waals surface area contributed by atoms with E-state index in [0.717, 1.165) is 23.1 Å². The third kappa shape index (κ3) is 3.00. The molecule has 5 heteroatoms. The molecule has 2 rings (SSSR count). The SMILES string of the molecule is Cc1cccc([N+](=O)[O-])c1Nc1ccc(CC=O)cc1. The Bertz CT molecular complexity index is 636. The van der Waals surface area contributed by atoms with Crippen LogP contribution in [0, 0.1) is 17.0 Å². The second-order valence-corrected chi connectivity index (χ2v) is 4.42. The fourth-order valence-electron chi connectivity index (χ4n) is 1.93. The maximum Gasteiger partial charge on any atom is 0.292 e. The summed E-state index contributed by atoms with van der Waals surface area (Å²) in [5.74, 6) is 0. The lowest BCUT2D eigenvalue weighted by atomic mass is 10.1. The lowest BCUT2D eigenvalue weighted by Crippen LogP contribution is -1.99. The number of aryl methyl sites for hydroxylation is 1. The normalized spacial score (nSPS) is 10.1. The largest absolute Gasteiger partial charge is 0.350 e. The van der Waals surface area contributed by atoms with E-state index in [0.29, 0.717) is 12.1 Å². The van der Waals surface area contributed by atoms with Crippen LogP contribution in [0.2, 0.25) is 0 Å². The van der Waals surface area contributed by atoms with E-state index in [1.807, 2.05) is 25.1 Å². The number of nitrogens with one attached hydrogen (secondary N) is 1. The molecule has 0 unspecified atom stereocenters. The molecule has 0 amide bonds. The van der Waals surface area contributed by atoms with E-state index in [9.17, 15) is 14.9 Å². The highest BCUT2D eigenvalue weighted by atomic mass is 16.6. The van der Waals surface area contributed by atoms with Gasteiger partial charge in [0.1, 0.15) is 12.0 Å². The number of anilines is 2. The molecular formula is C15H14N2O3. The highest BCUT2D eigenvalue weighted by Gasteiger charge is 2.15. The van der Waals surface area contributed by atoms with Gasteiger partial charge < -0.3 is 10.1 Å². The van der Waals surface area contributed by atoms with Gasteiger partial charge in [-0.3, -0.25) is 10.1 Å². The lowest BCUT2D eigenvalue weighted by Gasteiger charge is -2.10. The van der Waals surface area contributed by atoms with Crippen LogP contribution in [-0.2, 0) is 11.2 Å². The molecule has 0 heterocycles. The molecule has 0 saturated carbocycles. The number of hydrogen-bond acceptors (Lipinski definition) is 4. The van der Waals surface area contributed by atoms with E-state index < -0.39 is 4.92 Å². The van der Waals surface area contributed by atoms with E-state index in [4.69, 9.17) is 0 Å². The zero-order valence-electron chi connectivity index (χ0n) is 11.0. The lowest BCUT2D eigenvalue weighted by molar-refractivity contribution is -0.384. The zero-order chi connectivity index (χ0) is 14.5. The number of carbonyl (C=O) groups excluding carboxylic acids is 1. The molecular weight excluding hydrogens is 256 g/mol. The van der Waals surface area contributed by atoms with Gasteiger partial charge in [0.2, 0.25) is 0 Å². The number of carbonyl (C=O) groups is 1. The van der Waals surface area contributed by atoms with Crippen molar-refractivity contribution >= 4 is 23.3 Å². The molecule has 0 aromatic heterocycles. The summed E-state index contributed by atoms with van der Waals surface area (Å²) in [6.45, 7) is 1.82. The Balaban J connectivity index is 2.29. The quantitative estimate of drug-likeness (QED) is 0.513. The predicted molar refractivity (Wildman–Crippen MR) is 77.3 cm³/mol. The molecule has 2 aromatic carbocycles. The summed E-state index contributed by atoms with van der Waals surface area (Å²) in [7, 11) is 0. The summed E-state index contributed by atoms with van der Waals surface area (Å²) in [4.78, 5) is 21.0. The second-order valence-electron chi connectivity index (χ2n) is 4.42. The van der Waals surface area contributed by atoms with Crippen LogP contribution in [0.1, 0.15) is 11.1 Å². The van der Waals surface area contributed by atoms with Crippen molar-refractivity contribution < 1.29 is 9.72 Å². The van der Waals surface area contributed by atoms with E-state index >= 15 is 0 Å². The minimum absolute atomic E-state index is 0.0435. The van der Waals surface area contributed by atoms with Crippen LogP contribution in [-0.4, -0.2) is 11.2 Å². The van der Waals surface area contributed by atoms with Crippen molar-refractivity contribution in [1.29, 1.82) is 0 Å². The predicted octanol–water partition coefficient (Wildman–Crippen LogP) is 3.39. The van der Waals surface area contributed by atoms with Crippen LogP contribution in [0.15, 0.2) is 42.5 Å². The van der Waals surface area contributed by atoms with E-state index in [1.54, 1.807) is 18.2 Å². The number of nitrogens with zero attached hydrogens (tertiary/aromatic N) is 1. The van der Waals surface area contributed by atoms with Crippen molar-refractivity contribution in [1.82, 2.24) is 0 Å². The van der Waals surface area contributed by atoms with Crippen LogP contribution >= 0.6 is 0 Å². The maximum atomic E-state index is 11.0. The van der Waals surface area contributed by atoms with Gasteiger partial charge in [-0.1, -0.05) is 24.3 Å². The summed E-state index contributed by atoms with van der Waals surface area (Å²) in [6.07, 6.45) is 1.21. The van der Waals surface area contributed by atoms with Crippen molar-refractivity contribution in [2.24, 2.45) is 0 Å². The van der Waals surface area contributed by atoms with Gasteiger partial charge in [0, 0.05) is 18.2 Å². The molecule has 5 nitrogen and oxygen atoms in total. The van der Waals surface area contributed by atoms with Crippen LogP contribution in [0.3, 0.4) is 0 Å². The number of nitro groups is 1. The first-order valence-electron chi connectivity index (χ1n) is 6.15. The van der Waals surface area contributed by atoms with Crippen molar-refractivity contribution in [2.45, 2.75) is 13.3 Å². The number of rotatable bonds is 5. The van der Waals surface area contributed by atoms with Crippen LogP contribution in [0.25, 0.3) is 0 Å². The van der Waals surface area contributed by atoms with Crippen LogP contribution < -0.4 is 5.32 Å². The summed E-state index contributed by atoms with van der Waals surface area (Å²) < 4.78 is 0. The van der Waals surface area contributed by atoms with Gasteiger partial charge in [0.25, 0.3) is 5.69 Å². The van der Waals surface area contributed by atoms with Gasteiger partial charge in [-0.2, -0.15) is 0 Å². The van der Waals surface area contributed by atoms with Gasteiger partial charge in [0.05, 0.1) is 4.92 Å². The van der Waals surface area contributed by atoms with E-state index in [2.05, 4.69) is 5.32 Å². The number of aldehydes is 1. The molecule has 0 aliphatic carbocycles. The Kier molecular flexibility index (Phi) is 4.10. The summed E-state index contributed by atoms with van der Waals surface area (Å²) in [5.41, 5.74) is 2.99. The molecule has 0 atom stereocenters. The molecule has 0 fully saturated rings. The molecule has 0 radical (unpaired) electrons. The summed E-state index contributed by atoms with van der Waals surface area (Å²) in [5, 5.41) is 14.1. The molecule has 1 N–H and O–H groups in total. The van der Waals surface area contributed by atoms with Gasteiger partial charge in [-0.05, 0) is 30.2 Å². The minimum atomic E-state index is -0.407. The fourth-order valence-corrected chi connectivity index (χ4v) is 1.93. The van der Waals surface area contributed by atoms with Crippen molar-refractivity contribution in [2.75, 3.05) is 5.32 Å². The molecule has 0 spiro atoms. The van der Waals surface area contributed by atoms with Gasteiger partial charge in [-0.15, -0.1) is 0 Å². The molecule has 2 aromatic rings. The Morgan fingerprint density at radius 3 is 2.50 bits per heavy atom. The summed E-state index contributed by atoms with van der Waals surface area (Å²) in [6, 6.07) is 12.2. The molecule has 20 heavy (non-hydrogen) atoms. The van der Waals surface area contributed by atoms with Crippen LogP contribution in [0.4, 0.5) is 17.1 Å². The Morgan fingerprint density at radius 2 is 1.90 bits per heavy atom. The van der Waals surface area contributed by atoms with E-state index in [-0.39, 0.29) is 5.69 Å². The smallest absolute Gasteiger partial charge is 0.292 e. The third-order valence-electron chi connectivity index (χ3n) is 2.99. The Labute approximate surface area is 116 Å². The number of para-hydroxylation sites is 1. The number of nitro benzene ring substituents is 1. The number of hydrogen-bond donors (Lipinski definition) is 1. The van der Waals surface area contributed by atoms with Gasteiger partial charge >= 0.3 is 0 Å². The van der Waals surface area contributed by atoms with Crippen molar-refractivity contribution in [3.63, 3.8) is 0 Å². The molecule has 0 aliphatic rings. The molecule has 0 bridgehead atoms. The molecule has 0 saturated heterocycles. The van der Waals surface area contributed by atoms with Crippen molar-refractivity contribution in [3.05, 3.63) is 63.7 Å². The van der Waals surface area contributed by atoms with Gasteiger partial charge in [-0.25, -0.2) is 0 Å². The monoisotopic (exact) mass is 270 g/mol. The second kappa shape index (κ2) is 5.97. The average Bonchev–Trinajstić information content (AvgIpc) is 2.43. The first-order valence-corrected chi connectivity index (χ1v) is 6.15. The average molecular weight is 270 g/mol. The maximum absolute atomic E-state index is 11.0. The highest BCUT2D eigenvalue weighted by Crippen LogP contribution is 2.30. The highest BCUT2D eigenvalue weighted by molar-refractivity contribution is 5.73. The number of benzene rings is 2. The summed E-state index contributed by atoms with van der Waals surface area (Å²) >= 11 is 0. The van der Waals surface area contributed by atoms with Crippen LogP contribution in [0.5, 0.6) is 0 Å². The topological polar surface area (TPSA) is 72.2 Å².